The Morgan fingerprint density at radius 3 is 2.84 bits per heavy atom. The van der Waals surface area contributed by atoms with Crippen LogP contribution in [0, 0.1) is 5.92 Å². The van der Waals surface area contributed by atoms with E-state index in [0.29, 0.717) is 23.1 Å². The van der Waals surface area contributed by atoms with E-state index in [0.717, 1.165) is 29.4 Å². The first-order valence-electron chi connectivity index (χ1n) is 10.4. The van der Waals surface area contributed by atoms with Crippen LogP contribution in [0.15, 0.2) is 41.2 Å². The molecule has 164 valence electrons. The van der Waals surface area contributed by atoms with Crippen LogP contribution in [0.5, 0.6) is 0 Å². The molecule has 0 saturated carbocycles. The molecule has 0 amide bonds. The van der Waals surface area contributed by atoms with Gasteiger partial charge < -0.3 is 13.8 Å². The third-order valence-corrected chi connectivity index (χ3v) is 5.52. The summed E-state index contributed by atoms with van der Waals surface area (Å²) >= 11 is 5.79. The van der Waals surface area contributed by atoms with Crippen molar-refractivity contribution in [3.05, 3.63) is 47.5 Å². The van der Waals surface area contributed by atoms with Crippen LogP contribution in [0.1, 0.15) is 32.9 Å². The molecule has 0 fully saturated rings. The topological polar surface area (TPSA) is 95.9 Å². The van der Waals surface area contributed by atoms with E-state index in [1.807, 2.05) is 26.8 Å². The molecule has 0 bridgehead atoms. The normalized spacial score (nSPS) is 15.8. The molecule has 8 nitrogen and oxygen atoms in total. The van der Waals surface area contributed by atoms with Crippen molar-refractivity contribution in [2.24, 2.45) is 5.92 Å². The number of fused-ring (bicyclic) bond motifs is 3. The van der Waals surface area contributed by atoms with E-state index in [4.69, 9.17) is 20.9 Å². The van der Waals surface area contributed by atoms with Crippen LogP contribution in [0.25, 0.3) is 33.9 Å². The minimum atomic E-state index is -0.465. The highest BCUT2D eigenvalue weighted by atomic mass is 35.5. The molecular weight excluding hydrogens is 430 g/mol. The van der Waals surface area contributed by atoms with E-state index >= 15 is 0 Å². The summed E-state index contributed by atoms with van der Waals surface area (Å²) in [4.78, 5) is 24.9. The van der Waals surface area contributed by atoms with Crippen LogP contribution in [0.2, 0.25) is 5.15 Å². The Labute approximate surface area is 189 Å². The fraction of sp³-hybridized carbons (Fsp3) is 0.348. The summed E-state index contributed by atoms with van der Waals surface area (Å²) in [6.07, 6.45) is 4.19. The number of halogens is 1. The quantitative estimate of drug-likeness (QED) is 0.414. The van der Waals surface area contributed by atoms with Crippen molar-refractivity contribution in [3.8, 4) is 23.0 Å². The molecule has 0 spiro atoms. The third kappa shape index (κ3) is 4.10. The van der Waals surface area contributed by atoms with E-state index in [1.54, 1.807) is 0 Å². The van der Waals surface area contributed by atoms with Gasteiger partial charge in [-0.15, -0.1) is 0 Å². The van der Waals surface area contributed by atoms with Crippen LogP contribution in [0.3, 0.4) is 0 Å². The smallest absolute Gasteiger partial charge is 0.306 e. The summed E-state index contributed by atoms with van der Waals surface area (Å²) in [7, 11) is 0. The Kier molecular flexibility index (Phi) is 4.97. The fourth-order valence-corrected chi connectivity index (χ4v) is 4.17. The Hall–Kier alpha value is -3.26. The van der Waals surface area contributed by atoms with Gasteiger partial charge in [-0.3, -0.25) is 4.79 Å². The largest absolute Gasteiger partial charge is 0.460 e. The summed E-state index contributed by atoms with van der Waals surface area (Å²) in [5, 5.41) is 5.54. The molecule has 3 aromatic heterocycles. The fourth-order valence-electron chi connectivity index (χ4n) is 4.08. The van der Waals surface area contributed by atoms with Gasteiger partial charge in [0.05, 0.1) is 18.8 Å². The molecule has 4 aromatic rings. The Morgan fingerprint density at radius 1 is 1.25 bits per heavy atom. The molecule has 0 aliphatic carbocycles. The molecule has 1 aliphatic heterocycles. The van der Waals surface area contributed by atoms with Crippen LogP contribution in [-0.4, -0.2) is 36.2 Å². The summed E-state index contributed by atoms with van der Waals surface area (Å²) < 4.78 is 13.1. The average molecular weight is 452 g/mol. The van der Waals surface area contributed by atoms with E-state index < -0.39 is 5.60 Å². The Balaban J connectivity index is 1.37. The zero-order valence-corrected chi connectivity index (χ0v) is 18.8. The van der Waals surface area contributed by atoms with Crippen LogP contribution in [-0.2, 0) is 22.5 Å². The zero-order chi connectivity index (χ0) is 22.5. The number of carbonyl (C=O) groups is 1. The maximum absolute atomic E-state index is 12.3. The molecule has 1 unspecified atom stereocenters. The summed E-state index contributed by atoms with van der Waals surface area (Å²) in [6, 6.07) is 8.26. The van der Waals surface area contributed by atoms with Gasteiger partial charge in [0, 0.05) is 23.3 Å². The number of ether oxygens (including phenoxy) is 1. The molecule has 4 heterocycles. The van der Waals surface area contributed by atoms with Crippen molar-refractivity contribution in [1.29, 1.82) is 0 Å². The van der Waals surface area contributed by atoms with Gasteiger partial charge in [0.15, 0.2) is 0 Å². The van der Waals surface area contributed by atoms with Crippen molar-refractivity contribution < 1.29 is 14.1 Å². The Bertz CT molecular complexity index is 1300. The van der Waals surface area contributed by atoms with Gasteiger partial charge in [-0.25, -0.2) is 9.97 Å². The van der Waals surface area contributed by atoms with Crippen LogP contribution < -0.4 is 0 Å². The highest BCUT2D eigenvalue weighted by Crippen LogP contribution is 2.33. The number of hydrogen-bond acceptors (Lipinski definition) is 7. The van der Waals surface area contributed by atoms with Gasteiger partial charge in [0.25, 0.3) is 5.89 Å². The Morgan fingerprint density at radius 2 is 2.09 bits per heavy atom. The van der Waals surface area contributed by atoms with Crippen LogP contribution in [0.4, 0.5) is 0 Å². The lowest BCUT2D eigenvalue weighted by Gasteiger charge is -2.20. The first kappa shape index (κ1) is 20.6. The minimum absolute atomic E-state index is 0.150. The van der Waals surface area contributed by atoms with Crippen molar-refractivity contribution in [2.45, 2.75) is 45.8 Å². The second kappa shape index (κ2) is 7.70. The molecule has 9 heteroatoms. The first-order valence-corrected chi connectivity index (χ1v) is 10.8. The van der Waals surface area contributed by atoms with Gasteiger partial charge in [-0.2, -0.15) is 4.98 Å². The molecule has 0 radical (unpaired) electrons. The lowest BCUT2D eigenvalue weighted by molar-refractivity contribution is -0.155. The standard InChI is InChI=1S/C23H22ClN5O3/c1-23(2,3)31-20(30)7-13-6-16-8-14-4-5-15(9-18(14)29(16)12-13)21-27-22(32-28-21)17-10-26-19(24)11-25-17/h4-5,8-11,13H,6-7,12H2,1-3H3. The highest BCUT2D eigenvalue weighted by molar-refractivity contribution is 6.29. The lowest BCUT2D eigenvalue weighted by atomic mass is 10.0. The SMILES string of the molecule is CC(C)(C)OC(=O)CC1Cc2cc3ccc(-c4noc(-c5cnc(Cl)cn5)n4)cc3n2C1. The van der Waals surface area contributed by atoms with Crippen molar-refractivity contribution in [2.75, 3.05) is 0 Å². The summed E-state index contributed by atoms with van der Waals surface area (Å²) in [5.41, 5.74) is 3.14. The van der Waals surface area contributed by atoms with Gasteiger partial charge >= 0.3 is 5.97 Å². The lowest BCUT2D eigenvalue weighted by Crippen LogP contribution is -2.25. The maximum Gasteiger partial charge on any atom is 0.306 e. The minimum Gasteiger partial charge on any atom is -0.460 e. The molecule has 1 aromatic carbocycles. The molecule has 0 saturated heterocycles. The second-order valence-electron chi connectivity index (χ2n) is 9.03. The monoisotopic (exact) mass is 451 g/mol. The second-order valence-corrected chi connectivity index (χ2v) is 9.42. The first-order chi connectivity index (χ1) is 15.2. The maximum atomic E-state index is 12.3. The molecule has 1 aliphatic rings. The van der Waals surface area contributed by atoms with E-state index in [1.165, 1.54) is 18.1 Å². The van der Waals surface area contributed by atoms with Crippen molar-refractivity contribution in [3.63, 3.8) is 0 Å². The number of nitrogens with zero attached hydrogens (tertiary/aromatic N) is 5. The summed E-state index contributed by atoms with van der Waals surface area (Å²) in [6.45, 7) is 6.45. The third-order valence-electron chi connectivity index (χ3n) is 5.33. The molecule has 0 N–H and O–H groups in total. The number of benzene rings is 1. The van der Waals surface area contributed by atoms with Gasteiger partial charge in [0.1, 0.15) is 16.4 Å². The predicted octanol–water partition coefficient (Wildman–Crippen LogP) is 4.71. The number of hydrogen-bond donors (Lipinski definition) is 0. The van der Waals surface area contributed by atoms with E-state index in [-0.39, 0.29) is 17.8 Å². The number of esters is 1. The number of carbonyl (C=O) groups excluding carboxylic acids is 1. The van der Waals surface area contributed by atoms with Crippen molar-refractivity contribution >= 4 is 28.5 Å². The van der Waals surface area contributed by atoms with Gasteiger partial charge in [0.2, 0.25) is 5.82 Å². The van der Waals surface area contributed by atoms with Crippen LogP contribution >= 0.6 is 11.6 Å². The van der Waals surface area contributed by atoms with Crippen molar-refractivity contribution in [1.82, 2.24) is 24.7 Å². The predicted molar refractivity (Wildman–Crippen MR) is 119 cm³/mol. The van der Waals surface area contributed by atoms with E-state index in [2.05, 4.69) is 42.9 Å². The molecule has 32 heavy (non-hydrogen) atoms. The van der Waals surface area contributed by atoms with Gasteiger partial charge in [-0.05, 0) is 50.6 Å². The number of rotatable bonds is 4. The molecule has 5 rings (SSSR count). The molecular formula is C23H22ClN5O3. The number of aromatic nitrogens is 5. The summed E-state index contributed by atoms with van der Waals surface area (Å²) in [5.74, 6) is 0.829. The zero-order valence-electron chi connectivity index (χ0n) is 18.0. The highest BCUT2D eigenvalue weighted by Gasteiger charge is 2.28. The average Bonchev–Trinajstić information content (AvgIpc) is 3.41. The van der Waals surface area contributed by atoms with E-state index in [9.17, 15) is 4.79 Å². The van der Waals surface area contributed by atoms with Gasteiger partial charge in [-0.1, -0.05) is 28.9 Å². The molecule has 1 atom stereocenters.